The monoisotopic (exact) mass is 263 g/mol. The van der Waals surface area contributed by atoms with Crippen molar-refractivity contribution in [2.45, 2.75) is 18.5 Å². The molecule has 3 heterocycles. The lowest BCUT2D eigenvalue weighted by atomic mass is 9.98. The standard InChI is InChI=1S/C12H13N3O2S/c1-15-6-13-7-5-8(12(16)17)14-10(11(7)15)9-3-2-4-18-9/h2-4,6,8,10,14H,5H2,1H3,(H,16,17). The molecule has 6 heteroatoms. The van der Waals surface area contributed by atoms with Gasteiger partial charge in [-0.2, -0.15) is 0 Å². The molecule has 2 N–H and O–H groups in total. The van der Waals surface area contributed by atoms with Gasteiger partial charge in [-0.05, 0) is 11.4 Å². The average Bonchev–Trinajstić information content (AvgIpc) is 2.98. The minimum absolute atomic E-state index is 0.0812. The molecular formula is C12H13N3O2S. The van der Waals surface area contributed by atoms with Gasteiger partial charge in [0.1, 0.15) is 6.04 Å². The summed E-state index contributed by atoms with van der Waals surface area (Å²) in [7, 11) is 1.94. The van der Waals surface area contributed by atoms with Crippen LogP contribution in [0.15, 0.2) is 23.8 Å². The van der Waals surface area contributed by atoms with Crippen molar-refractivity contribution >= 4 is 17.3 Å². The number of thiophene rings is 1. The largest absolute Gasteiger partial charge is 0.480 e. The van der Waals surface area contributed by atoms with Crippen LogP contribution in [0.2, 0.25) is 0 Å². The molecule has 2 unspecified atom stereocenters. The summed E-state index contributed by atoms with van der Waals surface area (Å²) in [5.41, 5.74) is 1.94. The van der Waals surface area contributed by atoms with Crippen molar-refractivity contribution in [3.63, 3.8) is 0 Å². The van der Waals surface area contributed by atoms with Crippen molar-refractivity contribution in [3.8, 4) is 0 Å². The zero-order valence-corrected chi connectivity index (χ0v) is 10.6. The number of rotatable bonds is 2. The number of nitrogens with zero attached hydrogens (tertiary/aromatic N) is 2. The lowest BCUT2D eigenvalue weighted by Gasteiger charge is -2.28. The summed E-state index contributed by atoms with van der Waals surface area (Å²) in [4.78, 5) is 16.6. The fourth-order valence-electron chi connectivity index (χ4n) is 2.38. The van der Waals surface area contributed by atoms with Gasteiger partial charge in [-0.3, -0.25) is 10.1 Å². The van der Waals surface area contributed by atoms with Crippen molar-refractivity contribution in [1.82, 2.24) is 14.9 Å². The summed E-state index contributed by atoms with van der Waals surface area (Å²) < 4.78 is 1.96. The molecule has 94 valence electrons. The summed E-state index contributed by atoms with van der Waals surface area (Å²) in [6.45, 7) is 0. The Balaban J connectivity index is 2.07. The second-order valence-corrected chi connectivity index (χ2v) is 5.38. The molecule has 0 saturated carbocycles. The molecule has 2 aromatic heterocycles. The van der Waals surface area contributed by atoms with Gasteiger partial charge in [-0.25, -0.2) is 4.98 Å². The Morgan fingerprint density at radius 1 is 1.67 bits per heavy atom. The Labute approximate surface area is 108 Å². The summed E-state index contributed by atoms with van der Waals surface area (Å²) in [6.07, 6.45) is 2.19. The van der Waals surface area contributed by atoms with Gasteiger partial charge >= 0.3 is 5.97 Å². The molecule has 2 aromatic rings. The Hall–Kier alpha value is -1.66. The molecule has 1 aliphatic rings. The van der Waals surface area contributed by atoms with E-state index in [1.54, 1.807) is 17.7 Å². The lowest BCUT2D eigenvalue weighted by molar-refractivity contribution is -0.139. The number of hydrogen-bond donors (Lipinski definition) is 2. The molecule has 0 saturated heterocycles. The third-order valence-electron chi connectivity index (χ3n) is 3.23. The zero-order valence-electron chi connectivity index (χ0n) is 9.83. The zero-order chi connectivity index (χ0) is 12.7. The van der Waals surface area contributed by atoms with Crippen LogP contribution in [0.1, 0.15) is 22.3 Å². The predicted molar refractivity (Wildman–Crippen MR) is 67.6 cm³/mol. The summed E-state index contributed by atoms with van der Waals surface area (Å²) in [5.74, 6) is -0.826. The van der Waals surface area contributed by atoms with Crippen LogP contribution in [0.25, 0.3) is 0 Å². The van der Waals surface area contributed by atoms with Crippen LogP contribution in [-0.2, 0) is 18.3 Å². The maximum absolute atomic E-state index is 11.2. The minimum Gasteiger partial charge on any atom is -0.480 e. The van der Waals surface area contributed by atoms with Crippen LogP contribution in [0, 0.1) is 0 Å². The number of hydrogen-bond acceptors (Lipinski definition) is 4. The van der Waals surface area contributed by atoms with Crippen LogP contribution in [-0.4, -0.2) is 26.7 Å². The lowest BCUT2D eigenvalue weighted by Crippen LogP contribution is -2.45. The fraction of sp³-hybridized carbons (Fsp3) is 0.333. The second-order valence-electron chi connectivity index (χ2n) is 4.40. The van der Waals surface area contributed by atoms with Crippen LogP contribution in [0.4, 0.5) is 0 Å². The maximum atomic E-state index is 11.2. The second kappa shape index (κ2) is 4.22. The molecule has 5 nitrogen and oxygen atoms in total. The van der Waals surface area contributed by atoms with E-state index in [2.05, 4.69) is 10.3 Å². The quantitative estimate of drug-likeness (QED) is 0.853. The molecule has 2 atom stereocenters. The average molecular weight is 263 g/mol. The Morgan fingerprint density at radius 2 is 2.50 bits per heavy atom. The Kier molecular flexibility index (Phi) is 2.68. The van der Waals surface area contributed by atoms with Gasteiger partial charge < -0.3 is 9.67 Å². The highest BCUT2D eigenvalue weighted by atomic mass is 32.1. The molecule has 0 spiro atoms. The normalized spacial score (nSPS) is 22.7. The summed E-state index contributed by atoms with van der Waals surface area (Å²) >= 11 is 1.62. The SMILES string of the molecule is Cn1cnc2c1C(c1cccs1)NC(C(=O)O)C2. The molecule has 0 radical (unpaired) electrons. The van der Waals surface area contributed by atoms with E-state index in [4.69, 9.17) is 0 Å². The van der Waals surface area contributed by atoms with Crippen LogP contribution < -0.4 is 5.32 Å². The van der Waals surface area contributed by atoms with Gasteiger partial charge in [0, 0.05) is 18.3 Å². The van der Waals surface area contributed by atoms with Gasteiger partial charge in [0.15, 0.2) is 0 Å². The number of carboxylic acid groups (broad SMARTS) is 1. The van der Waals surface area contributed by atoms with Crippen molar-refractivity contribution in [2.75, 3.05) is 0 Å². The van der Waals surface area contributed by atoms with Gasteiger partial charge in [-0.1, -0.05) is 6.07 Å². The van der Waals surface area contributed by atoms with E-state index >= 15 is 0 Å². The van der Waals surface area contributed by atoms with E-state index in [1.165, 1.54) is 0 Å². The number of aliphatic carboxylic acids is 1. The smallest absolute Gasteiger partial charge is 0.321 e. The van der Waals surface area contributed by atoms with E-state index in [1.807, 2.05) is 29.1 Å². The van der Waals surface area contributed by atoms with Gasteiger partial charge in [0.2, 0.25) is 0 Å². The molecular weight excluding hydrogens is 250 g/mol. The molecule has 0 bridgehead atoms. The maximum Gasteiger partial charge on any atom is 0.321 e. The number of imidazole rings is 1. The Bertz CT molecular complexity index is 576. The topological polar surface area (TPSA) is 67.2 Å². The summed E-state index contributed by atoms with van der Waals surface area (Å²) in [6, 6.07) is 3.34. The van der Waals surface area contributed by atoms with E-state index in [0.29, 0.717) is 6.42 Å². The van der Waals surface area contributed by atoms with E-state index < -0.39 is 12.0 Å². The Morgan fingerprint density at radius 3 is 3.17 bits per heavy atom. The van der Waals surface area contributed by atoms with Crippen LogP contribution in [0.5, 0.6) is 0 Å². The summed E-state index contributed by atoms with van der Waals surface area (Å²) in [5, 5.41) is 14.4. The van der Waals surface area contributed by atoms with E-state index in [0.717, 1.165) is 16.3 Å². The van der Waals surface area contributed by atoms with Crippen molar-refractivity contribution < 1.29 is 9.90 Å². The van der Waals surface area contributed by atoms with E-state index in [-0.39, 0.29) is 6.04 Å². The first kappa shape index (κ1) is 11.4. The number of aryl methyl sites for hydroxylation is 1. The number of carbonyl (C=O) groups is 1. The van der Waals surface area contributed by atoms with Crippen molar-refractivity contribution in [3.05, 3.63) is 40.1 Å². The van der Waals surface area contributed by atoms with Crippen molar-refractivity contribution in [2.24, 2.45) is 7.05 Å². The van der Waals surface area contributed by atoms with Gasteiger partial charge in [0.05, 0.1) is 23.8 Å². The number of nitrogens with one attached hydrogen (secondary N) is 1. The fourth-order valence-corrected chi connectivity index (χ4v) is 3.17. The third-order valence-corrected chi connectivity index (χ3v) is 4.16. The number of carboxylic acids is 1. The molecule has 0 aromatic carbocycles. The highest BCUT2D eigenvalue weighted by molar-refractivity contribution is 7.10. The molecule has 0 fully saturated rings. The highest BCUT2D eigenvalue weighted by Gasteiger charge is 2.34. The molecule has 0 aliphatic carbocycles. The minimum atomic E-state index is -0.826. The molecule has 18 heavy (non-hydrogen) atoms. The van der Waals surface area contributed by atoms with Gasteiger partial charge in [-0.15, -0.1) is 11.3 Å². The first-order valence-electron chi connectivity index (χ1n) is 5.69. The molecule has 3 rings (SSSR count). The highest BCUT2D eigenvalue weighted by Crippen LogP contribution is 2.32. The molecule has 1 aliphatic heterocycles. The molecule has 0 amide bonds. The number of fused-ring (bicyclic) bond motifs is 1. The van der Waals surface area contributed by atoms with Gasteiger partial charge in [0.25, 0.3) is 0 Å². The van der Waals surface area contributed by atoms with Crippen molar-refractivity contribution in [1.29, 1.82) is 0 Å². The van der Waals surface area contributed by atoms with Crippen LogP contribution in [0.3, 0.4) is 0 Å². The predicted octanol–water partition coefficient (Wildman–Crippen LogP) is 1.17. The first-order valence-corrected chi connectivity index (χ1v) is 6.57. The van der Waals surface area contributed by atoms with Crippen LogP contribution >= 0.6 is 11.3 Å². The number of aromatic nitrogens is 2. The first-order chi connectivity index (χ1) is 8.66. The van der Waals surface area contributed by atoms with E-state index in [9.17, 15) is 9.90 Å². The third kappa shape index (κ3) is 1.74.